The first kappa shape index (κ1) is 13.7. The van der Waals surface area contributed by atoms with E-state index in [1.165, 1.54) is 0 Å². The predicted octanol–water partition coefficient (Wildman–Crippen LogP) is 3.12. The van der Waals surface area contributed by atoms with Crippen molar-refractivity contribution in [1.29, 1.82) is 0 Å². The van der Waals surface area contributed by atoms with Crippen molar-refractivity contribution >= 4 is 17.6 Å². The highest BCUT2D eigenvalue weighted by Crippen LogP contribution is 2.17. The van der Waals surface area contributed by atoms with E-state index in [0.717, 1.165) is 12.8 Å². The zero-order valence-electron chi connectivity index (χ0n) is 9.62. The van der Waals surface area contributed by atoms with Gasteiger partial charge in [0.15, 0.2) is 0 Å². The molecule has 0 N–H and O–H groups in total. The van der Waals surface area contributed by atoms with Crippen LogP contribution in [0.25, 0.3) is 0 Å². The van der Waals surface area contributed by atoms with Crippen molar-refractivity contribution in [2.45, 2.75) is 45.3 Å². The van der Waals surface area contributed by atoms with Crippen molar-refractivity contribution < 1.29 is 4.55 Å². The average Bonchev–Trinajstić information content (AvgIpc) is 2.09. The Balaban J connectivity index is 3.97. The van der Waals surface area contributed by atoms with Crippen molar-refractivity contribution in [3.8, 4) is 0 Å². The molecule has 2 atom stereocenters. The van der Waals surface area contributed by atoms with Gasteiger partial charge >= 0.3 is 0 Å². The highest BCUT2D eigenvalue weighted by molar-refractivity contribution is 7.91. The van der Waals surface area contributed by atoms with Gasteiger partial charge < -0.3 is 4.55 Å². The maximum absolute atomic E-state index is 11.5. The Kier molecular flexibility index (Phi) is 6.12. The third kappa shape index (κ3) is 6.22. The van der Waals surface area contributed by atoms with Gasteiger partial charge in [-0.1, -0.05) is 17.4 Å². The Morgan fingerprint density at radius 2 is 2.07 bits per heavy atom. The molecule has 0 aromatic rings. The smallest absolute Gasteiger partial charge is 0.144 e. The van der Waals surface area contributed by atoms with E-state index in [4.69, 9.17) is 0 Å². The molecule has 3 heteroatoms. The van der Waals surface area contributed by atoms with Crippen molar-refractivity contribution in [2.75, 3.05) is 0 Å². The second-order valence-electron chi connectivity index (χ2n) is 4.46. The third-order valence-electron chi connectivity index (χ3n) is 1.76. The molecule has 14 heavy (non-hydrogen) atoms. The van der Waals surface area contributed by atoms with Crippen LogP contribution in [0.4, 0.5) is 0 Å². The molecule has 0 aromatic carbocycles. The Hall–Kier alpha value is -0.280. The summed E-state index contributed by atoms with van der Waals surface area (Å²) >= 11 is -1.12. The Bertz CT molecular complexity index is 196. The lowest BCUT2D eigenvalue weighted by Crippen LogP contribution is -2.26. The summed E-state index contributed by atoms with van der Waals surface area (Å²) in [5.41, 5.74) is 0. The Morgan fingerprint density at radius 1 is 1.50 bits per heavy atom. The van der Waals surface area contributed by atoms with Crippen LogP contribution in [0.2, 0.25) is 0 Å². The minimum Gasteiger partial charge on any atom is -0.591 e. The van der Waals surface area contributed by atoms with Gasteiger partial charge in [-0.2, -0.15) is 0 Å². The van der Waals surface area contributed by atoms with Gasteiger partial charge in [0, 0.05) is 0 Å². The van der Waals surface area contributed by atoms with E-state index >= 15 is 0 Å². The summed E-state index contributed by atoms with van der Waals surface area (Å²) in [5, 5.41) is 0. The second-order valence-corrected chi connectivity index (χ2v) is 6.39. The van der Waals surface area contributed by atoms with Crippen molar-refractivity contribution in [3.63, 3.8) is 0 Å². The van der Waals surface area contributed by atoms with Crippen LogP contribution >= 0.6 is 0 Å². The first-order valence-electron chi connectivity index (χ1n) is 4.95. The fourth-order valence-electron chi connectivity index (χ4n) is 0.773. The lowest BCUT2D eigenvalue weighted by molar-refractivity contribution is 0.561. The fourth-order valence-corrected chi connectivity index (χ4v) is 1.41. The van der Waals surface area contributed by atoms with Crippen LogP contribution in [0, 0.1) is 5.92 Å². The molecule has 0 saturated carbocycles. The molecular formula is C11H21NOS. The predicted molar refractivity (Wildman–Crippen MR) is 65.0 cm³/mol. The molecule has 0 radical (unpaired) electrons. The quantitative estimate of drug-likeness (QED) is 0.394. The van der Waals surface area contributed by atoms with E-state index in [1.54, 1.807) is 6.21 Å². The van der Waals surface area contributed by atoms with Crippen LogP contribution < -0.4 is 0 Å². The number of rotatable bonds is 5. The second kappa shape index (κ2) is 6.25. The van der Waals surface area contributed by atoms with Gasteiger partial charge in [-0.15, -0.1) is 6.58 Å². The first-order valence-corrected chi connectivity index (χ1v) is 6.05. The van der Waals surface area contributed by atoms with E-state index < -0.39 is 11.4 Å². The molecule has 1 unspecified atom stereocenters. The van der Waals surface area contributed by atoms with Crippen LogP contribution in [-0.2, 0) is 11.4 Å². The highest BCUT2D eigenvalue weighted by Gasteiger charge is 2.25. The molecule has 2 nitrogen and oxygen atoms in total. The largest absolute Gasteiger partial charge is 0.591 e. The van der Waals surface area contributed by atoms with Gasteiger partial charge in [-0.25, -0.2) is 0 Å². The zero-order valence-corrected chi connectivity index (χ0v) is 10.4. The SMILES string of the molecule is C=CCCC(C)/C=N/[S@+]([O-])C(C)(C)C. The van der Waals surface area contributed by atoms with Gasteiger partial charge in [0.25, 0.3) is 0 Å². The van der Waals surface area contributed by atoms with E-state index in [9.17, 15) is 4.55 Å². The average molecular weight is 215 g/mol. The van der Waals surface area contributed by atoms with E-state index in [-0.39, 0.29) is 4.75 Å². The maximum Gasteiger partial charge on any atom is 0.144 e. The number of hydrogen-bond donors (Lipinski definition) is 0. The van der Waals surface area contributed by atoms with Gasteiger partial charge in [0.1, 0.15) is 16.1 Å². The maximum atomic E-state index is 11.5. The van der Waals surface area contributed by atoms with Gasteiger partial charge in [0.2, 0.25) is 0 Å². The van der Waals surface area contributed by atoms with Crippen LogP contribution in [-0.4, -0.2) is 15.5 Å². The standard InChI is InChI=1S/C11H21NOS/c1-6-7-8-10(2)9-12-14(13)11(3,4)5/h6,9-10H,1,7-8H2,2-5H3/b12-9+/t10?,14-/m1/s1. The van der Waals surface area contributed by atoms with E-state index in [2.05, 4.69) is 17.9 Å². The topological polar surface area (TPSA) is 35.4 Å². The third-order valence-corrected chi connectivity index (χ3v) is 3.12. The number of allylic oxidation sites excluding steroid dienone is 1. The molecule has 0 saturated heterocycles. The van der Waals surface area contributed by atoms with Crippen molar-refractivity contribution in [2.24, 2.45) is 10.3 Å². The molecule has 0 spiro atoms. The Morgan fingerprint density at radius 3 is 2.50 bits per heavy atom. The summed E-state index contributed by atoms with van der Waals surface area (Å²) in [4.78, 5) is 0. The van der Waals surface area contributed by atoms with Crippen LogP contribution in [0.3, 0.4) is 0 Å². The van der Waals surface area contributed by atoms with Gasteiger partial charge in [-0.3, -0.25) is 0 Å². The molecule has 0 heterocycles. The van der Waals surface area contributed by atoms with Gasteiger partial charge in [0.05, 0.1) is 6.21 Å². The molecule has 0 amide bonds. The Labute approximate surface area is 90.8 Å². The minimum atomic E-state index is -1.12. The molecule has 0 rings (SSSR count). The molecule has 82 valence electrons. The lowest BCUT2D eigenvalue weighted by Gasteiger charge is -2.18. The molecule has 0 fully saturated rings. The molecular weight excluding hydrogens is 194 g/mol. The van der Waals surface area contributed by atoms with Crippen LogP contribution in [0.1, 0.15) is 40.5 Å². The molecule has 0 aromatic heterocycles. The van der Waals surface area contributed by atoms with E-state index in [0.29, 0.717) is 5.92 Å². The zero-order chi connectivity index (χ0) is 11.2. The fraction of sp³-hybridized carbons (Fsp3) is 0.727. The van der Waals surface area contributed by atoms with E-state index in [1.807, 2.05) is 26.8 Å². The molecule has 0 aliphatic carbocycles. The van der Waals surface area contributed by atoms with Gasteiger partial charge in [-0.05, 0) is 39.5 Å². The van der Waals surface area contributed by atoms with Crippen LogP contribution in [0.5, 0.6) is 0 Å². The first-order chi connectivity index (χ1) is 6.38. The monoisotopic (exact) mass is 215 g/mol. The number of nitrogens with zero attached hydrogens (tertiary/aromatic N) is 1. The van der Waals surface area contributed by atoms with Crippen LogP contribution in [0.15, 0.2) is 17.1 Å². The molecule has 0 bridgehead atoms. The minimum absolute atomic E-state index is 0.255. The number of hydrogen-bond acceptors (Lipinski definition) is 2. The summed E-state index contributed by atoms with van der Waals surface area (Å²) in [7, 11) is 0. The summed E-state index contributed by atoms with van der Waals surface area (Å²) in [6, 6.07) is 0. The van der Waals surface area contributed by atoms with Crippen molar-refractivity contribution in [3.05, 3.63) is 12.7 Å². The summed E-state index contributed by atoms with van der Waals surface area (Å²) in [6.07, 6.45) is 5.69. The molecule has 0 aliphatic heterocycles. The lowest BCUT2D eigenvalue weighted by atomic mass is 10.1. The molecule has 0 aliphatic rings. The normalized spacial score (nSPS) is 16.9. The van der Waals surface area contributed by atoms with Crippen molar-refractivity contribution in [1.82, 2.24) is 0 Å². The summed E-state index contributed by atoms with van der Waals surface area (Å²) in [6.45, 7) is 11.5. The highest BCUT2D eigenvalue weighted by atomic mass is 32.2. The summed E-state index contributed by atoms with van der Waals surface area (Å²) < 4.78 is 15.3. The summed E-state index contributed by atoms with van der Waals surface area (Å²) in [5.74, 6) is 0.374.